The van der Waals surface area contributed by atoms with Crippen LogP contribution in [0.2, 0.25) is 0 Å². The van der Waals surface area contributed by atoms with Crippen molar-refractivity contribution >= 4 is 16.1 Å². The van der Waals surface area contributed by atoms with Crippen LogP contribution in [0.1, 0.15) is 296 Å². The number of hydrogen-bond donors (Lipinski definition) is 0. The molecule has 0 unspecified atom stereocenters. The molecule has 0 bridgehead atoms. The predicted molar refractivity (Wildman–Crippen MR) is 294 cm³/mol. The first kappa shape index (κ1) is 63.6. The Balaban J connectivity index is 0.00000304. The van der Waals surface area contributed by atoms with Gasteiger partial charge in [-0.3, -0.25) is 4.18 Å². The molecular weight excluding hydrogens is 857 g/mol. The van der Waals surface area contributed by atoms with E-state index in [4.69, 9.17) is 0 Å². The second kappa shape index (κ2) is 48.2. The summed E-state index contributed by atoms with van der Waals surface area (Å²) in [6.45, 7) is 11.5. The average Bonchev–Trinajstić information content (AvgIpc) is 3.34. The lowest BCUT2D eigenvalue weighted by Gasteiger charge is -2.25. The molecule has 392 valence electrons. The van der Waals surface area contributed by atoms with Crippen LogP contribution in [0, 0.1) is 11.8 Å². The van der Waals surface area contributed by atoms with Crippen LogP contribution in [0.3, 0.4) is 0 Å². The lowest BCUT2D eigenvalue weighted by atomic mass is 10.0. The maximum atomic E-state index is 9.45. The van der Waals surface area contributed by atoms with Crippen LogP contribution in [0.15, 0.2) is 48.8 Å². The highest BCUT2D eigenvalue weighted by Gasteiger charge is 2.07. The van der Waals surface area contributed by atoms with Crippen LogP contribution in [-0.4, -0.2) is 32.7 Å². The van der Waals surface area contributed by atoms with Crippen molar-refractivity contribution < 1.29 is 21.7 Å². The SMILES string of the molecule is CCCCCCCCCCCCCCCCCCCCCCN(CCCCCCCCCCCCCCCCCCCCCC)c1ccc(C#Cc2cc[n+](CC)cc2)cc1.CCOS(=O)(=O)[O-]. The van der Waals surface area contributed by atoms with Gasteiger partial charge in [-0.25, -0.2) is 13.0 Å². The zero-order valence-electron chi connectivity index (χ0n) is 45.2. The highest BCUT2D eigenvalue weighted by Crippen LogP contribution is 2.20. The highest BCUT2D eigenvalue weighted by molar-refractivity contribution is 7.80. The van der Waals surface area contributed by atoms with E-state index >= 15 is 0 Å². The molecule has 1 aromatic heterocycles. The molecule has 1 aromatic carbocycles. The molecule has 0 aliphatic heterocycles. The van der Waals surface area contributed by atoms with Crippen molar-refractivity contribution in [1.29, 1.82) is 0 Å². The van der Waals surface area contributed by atoms with Crippen molar-refractivity contribution in [2.75, 3.05) is 24.6 Å². The molecular formula is C61H108N2O4S. The molecule has 0 spiro atoms. The van der Waals surface area contributed by atoms with Crippen LogP contribution in [0.25, 0.3) is 0 Å². The molecule has 0 saturated heterocycles. The van der Waals surface area contributed by atoms with E-state index in [2.05, 4.69) is 95.1 Å². The van der Waals surface area contributed by atoms with Gasteiger partial charge in [0.15, 0.2) is 12.4 Å². The third kappa shape index (κ3) is 42.5. The fourth-order valence-electron chi connectivity index (χ4n) is 9.28. The van der Waals surface area contributed by atoms with E-state index in [1.54, 1.807) is 0 Å². The third-order valence-electron chi connectivity index (χ3n) is 13.7. The van der Waals surface area contributed by atoms with Crippen LogP contribution in [0.4, 0.5) is 5.69 Å². The van der Waals surface area contributed by atoms with Crippen molar-refractivity contribution in [3.05, 3.63) is 59.9 Å². The number of aryl methyl sites for hydroxylation is 1. The Morgan fingerprint density at radius 1 is 0.412 bits per heavy atom. The molecule has 0 amide bonds. The monoisotopic (exact) mass is 965 g/mol. The Hall–Kier alpha value is -2.40. The standard InChI is InChI=1S/C59H103N2.C2H6O4S/c1-4-7-9-11-13-15-17-19-21-23-25-27-29-31-33-35-37-39-41-43-53-61(59-49-47-57(48-50-59)45-46-58-51-55-60(6-3)56-52-58)54-44-42-40-38-36-34-32-30-28-26-24-22-20-18-16-14-12-10-8-5-2;1-2-6-7(3,4)5/h47-52,55-56H,4-44,53-54H2,1-3H3;2H2,1H3,(H,3,4,5)/q+1;/p-1. The fourth-order valence-corrected chi connectivity index (χ4v) is 9.57. The number of nitrogens with zero attached hydrogens (tertiary/aromatic N) is 2. The number of benzene rings is 1. The van der Waals surface area contributed by atoms with Gasteiger partial charge in [-0.1, -0.05) is 270 Å². The van der Waals surface area contributed by atoms with Crippen molar-refractivity contribution in [3.8, 4) is 11.8 Å². The number of aromatic nitrogens is 1. The lowest BCUT2D eigenvalue weighted by Crippen LogP contribution is -2.30. The first-order valence-electron chi connectivity index (χ1n) is 29.3. The first-order valence-corrected chi connectivity index (χ1v) is 30.6. The highest BCUT2D eigenvalue weighted by atomic mass is 32.3. The summed E-state index contributed by atoms with van der Waals surface area (Å²) in [5.41, 5.74) is 3.56. The second-order valence-electron chi connectivity index (χ2n) is 20.0. The van der Waals surface area contributed by atoms with Crippen LogP contribution < -0.4 is 9.47 Å². The van der Waals surface area contributed by atoms with Crippen molar-refractivity contribution in [3.63, 3.8) is 0 Å². The number of rotatable bonds is 46. The Morgan fingerprint density at radius 3 is 0.912 bits per heavy atom. The molecule has 1 heterocycles. The molecule has 68 heavy (non-hydrogen) atoms. The summed E-state index contributed by atoms with van der Waals surface area (Å²) >= 11 is 0. The van der Waals surface area contributed by atoms with E-state index in [1.807, 2.05) is 0 Å². The zero-order chi connectivity index (χ0) is 49.3. The van der Waals surface area contributed by atoms with Crippen molar-refractivity contribution in [2.24, 2.45) is 0 Å². The van der Waals surface area contributed by atoms with Gasteiger partial charge in [-0.15, -0.1) is 0 Å². The Kier molecular flexibility index (Phi) is 45.1. The molecule has 7 heteroatoms. The van der Waals surface area contributed by atoms with Crippen LogP contribution >= 0.6 is 0 Å². The minimum absolute atomic E-state index is 0.0914. The summed E-state index contributed by atoms with van der Waals surface area (Å²) < 4.78 is 34.2. The summed E-state index contributed by atoms with van der Waals surface area (Å²) in [6.07, 6.45) is 61.8. The van der Waals surface area contributed by atoms with Crippen LogP contribution in [-0.2, 0) is 21.1 Å². The van der Waals surface area contributed by atoms with Crippen molar-refractivity contribution in [2.45, 2.75) is 291 Å². The van der Waals surface area contributed by atoms with E-state index in [0.29, 0.717) is 0 Å². The van der Waals surface area contributed by atoms with Gasteiger partial charge in [0.2, 0.25) is 10.4 Å². The smallest absolute Gasteiger partial charge is 0.217 e. The number of hydrogen-bond acceptors (Lipinski definition) is 5. The van der Waals surface area contributed by atoms with Gasteiger partial charge in [-0.2, -0.15) is 0 Å². The number of pyridine rings is 1. The molecule has 2 rings (SSSR count). The van der Waals surface area contributed by atoms with Gasteiger partial charge in [-0.05, 0) is 51.0 Å². The maximum Gasteiger partial charge on any atom is 0.217 e. The molecule has 0 saturated carbocycles. The number of unbranched alkanes of at least 4 members (excludes halogenated alkanes) is 38. The van der Waals surface area contributed by atoms with Gasteiger partial charge in [0.25, 0.3) is 0 Å². The Labute approximate surface area is 423 Å². The average molecular weight is 966 g/mol. The Morgan fingerprint density at radius 2 is 0.676 bits per heavy atom. The van der Waals surface area contributed by atoms with Crippen LogP contribution in [0.5, 0.6) is 0 Å². The molecule has 0 aliphatic carbocycles. The minimum Gasteiger partial charge on any atom is -0.726 e. The Bertz CT molecular complexity index is 1470. The summed E-state index contributed by atoms with van der Waals surface area (Å²) in [5, 5.41) is 0. The quantitative estimate of drug-likeness (QED) is 0.0217. The minimum atomic E-state index is -4.42. The van der Waals surface area contributed by atoms with Gasteiger partial charge in [0.05, 0.1) is 6.61 Å². The topological polar surface area (TPSA) is 73.5 Å². The second-order valence-corrected chi connectivity index (χ2v) is 21.0. The van der Waals surface area contributed by atoms with E-state index < -0.39 is 10.4 Å². The lowest BCUT2D eigenvalue weighted by molar-refractivity contribution is -0.693. The van der Waals surface area contributed by atoms with Crippen molar-refractivity contribution in [1.82, 2.24) is 0 Å². The van der Waals surface area contributed by atoms with E-state index in [9.17, 15) is 13.0 Å². The molecule has 0 radical (unpaired) electrons. The molecule has 0 aliphatic rings. The van der Waals surface area contributed by atoms with Gasteiger partial charge in [0.1, 0.15) is 6.54 Å². The molecule has 2 aromatic rings. The third-order valence-corrected chi connectivity index (χ3v) is 14.2. The molecule has 0 atom stereocenters. The molecule has 6 nitrogen and oxygen atoms in total. The predicted octanol–water partition coefficient (Wildman–Crippen LogP) is 18.3. The largest absolute Gasteiger partial charge is 0.726 e. The van der Waals surface area contributed by atoms with E-state index in [1.165, 1.54) is 283 Å². The van der Waals surface area contributed by atoms with Gasteiger partial charge >= 0.3 is 0 Å². The van der Waals surface area contributed by atoms with Gasteiger partial charge in [0, 0.05) is 42.0 Å². The molecule has 0 fully saturated rings. The summed E-state index contributed by atoms with van der Waals surface area (Å²) in [5.74, 6) is 6.77. The maximum absolute atomic E-state index is 9.45. The van der Waals surface area contributed by atoms with Gasteiger partial charge < -0.3 is 9.45 Å². The molecule has 0 N–H and O–H groups in total. The summed E-state index contributed by atoms with van der Waals surface area (Å²) in [6, 6.07) is 13.4. The summed E-state index contributed by atoms with van der Waals surface area (Å²) in [7, 11) is -4.42. The zero-order valence-corrected chi connectivity index (χ0v) is 46.0. The number of anilines is 1. The fraction of sp³-hybridized carbons (Fsp3) is 0.787. The normalized spacial score (nSPS) is 11.3. The first-order chi connectivity index (χ1) is 33.3. The van der Waals surface area contributed by atoms with E-state index in [0.717, 1.165) is 17.7 Å². The van der Waals surface area contributed by atoms with E-state index in [-0.39, 0.29) is 6.61 Å². The summed E-state index contributed by atoms with van der Waals surface area (Å²) in [4.78, 5) is 2.68.